The molecule has 1 aromatic carbocycles. The zero-order chi connectivity index (χ0) is 11.7. The number of rotatable bonds is 1. The van der Waals surface area contributed by atoms with E-state index in [1.165, 1.54) is 0 Å². The SMILES string of the molecule is O=C(c1ccc2nccnc2c1)N1CCSC1. The zero-order valence-electron chi connectivity index (χ0n) is 9.17. The first kappa shape index (κ1) is 10.5. The van der Waals surface area contributed by atoms with Gasteiger partial charge in [0, 0.05) is 30.3 Å². The molecule has 1 saturated heterocycles. The van der Waals surface area contributed by atoms with Crippen LogP contribution in [0.5, 0.6) is 0 Å². The minimum Gasteiger partial charge on any atom is -0.329 e. The molecule has 3 rings (SSSR count). The Bertz CT molecular complexity index is 566. The molecule has 0 saturated carbocycles. The van der Waals surface area contributed by atoms with Crippen molar-refractivity contribution in [2.75, 3.05) is 18.2 Å². The van der Waals surface area contributed by atoms with Crippen molar-refractivity contribution >= 4 is 28.7 Å². The Balaban J connectivity index is 1.97. The first-order chi connectivity index (χ1) is 8.34. The van der Waals surface area contributed by atoms with Crippen LogP contribution < -0.4 is 0 Å². The van der Waals surface area contributed by atoms with Crippen LogP contribution in [0.3, 0.4) is 0 Å². The van der Waals surface area contributed by atoms with Crippen LogP contribution >= 0.6 is 11.8 Å². The van der Waals surface area contributed by atoms with E-state index in [0.717, 1.165) is 29.2 Å². The van der Waals surface area contributed by atoms with E-state index < -0.39 is 0 Å². The number of carbonyl (C=O) groups is 1. The second kappa shape index (κ2) is 4.33. The molecule has 0 bridgehead atoms. The minimum atomic E-state index is 0.0857. The largest absolute Gasteiger partial charge is 0.329 e. The van der Waals surface area contributed by atoms with Gasteiger partial charge in [-0.05, 0) is 18.2 Å². The van der Waals surface area contributed by atoms with Crippen molar-refractivity contribution in [3.05, 3.63) is 36.2 Å². The molecule has 1 aliphatic heterocycles. The first-order valence-corrected chi connectivity index (χ1v) is 6.58. The van der Waals surface area contributed by atoms with Crippen LogP contribution in [-0.4, -0.2) is 38.9 Å². The van der Waals surface area contributed by atoms with Gasteiger partial charge in [-0.1, -0.05) is 0 Å². The highest BCUT2D eigenvalue weighted by Gasteiger charge is 2.19. The van der Waals surface area contributed by atoms with Crippen molar-refractivity contribution in [1.29, 1.82) is 0 Å². The van der Waals surface area contributed by atoms with Crippen LogP contribution in [0.4, 0.5) is 0 Å². The van der Waals surface area contributed by atoms with Crippen LogP contribution in [0.1, 0.15) is 10.4 Å². The monoisotopic (exact) mass is 245 g/mol. The van der Waals surface area contributed by atoms with Crippen LogP contribution in [0.15, 0.2) is 30.6 Å². The molecule has 1 fully saturated rings. The summed E-state index contributed by atoms with van der Waals surface area (Å²) in [5, 5.41) is 0. The predicted octanol–water partition coefficient (Wildman–Crippen LogP) is 1.78. The number of benzene rings is 1. The molecule has 1 aromatic heterocycles. The molecule has 2 aromatic rings. The highest BCUT2D eigenvalue weighted by molar-refractivity contribution is 7.99. The summed E-state index contributed by atoms with van der Waals surface area (Å²) in [7, 11) is 0. The fraction of sp³-hybridized carbons (Fsp3) is 0.250. The fourth-order valence-corrected chi connectivity index (χ4v) is 2.80. The Morgan fingerprint density at radius 1 is 1.24 bits per heavy atom. The van der Waals surface area contributed by atoms with Gasteiger partial charge in [0.15, 0.2) is 0 Å². The summed E-state index contributed by atoms with van der Waals surface area (Å²) in [5.41, 5.74) is 2.28. The van der Waals surface area contributed by atoms with Crippen molar-refractivity contribution in [3.63, 3.8) is 0 Å². The summed E-state index contributed by atoms with van der Waals surface area (Å²) < 4.78 is 0. The van der Waals surface area contributed by atoms with Gasteiger partial charge >= 0.3 is 0 Å². The molecule has 1 amide bonds. The second-order valence-corrected chi connectivity index (χ2v) is 4.94. The van der Waals surface area contributed by atoms with Crippen molar-refractivity contribution in [2.45, 2.75) is 0 Å². The van der Waals surface area contributed by atoms with Crippen LogP contribution in [0.25, 0.3) is 11.0 Å². The molecule has 0 atom stereocenters. The Kier molecular flexibility index (Phi) is 2.68. The van der Waals surface area contributed by atoms with Crippen molar-refractivity contribution in [2.24, 2.45) is 0 Å². The number of aromatic nitrogens is 2. The molecule has 86 valence electrons. The molecular weight excluding hydrogens is 234 g/mol. The maximum atomic E-state index is 12.2. The average Bonchev–Trinajstić information content (AvgIpc) is 2.91. The number of fused-ring (bicyclic) bond motifs is 1. The first-order valence-electron chi connectivity index (χ1n) is 5.42. The van der Waals surface area contributed by atoms with E-state index in [1.807, 2.05) is 23.1 Å². The molecule has 0 N–H and O–H groups in total. The minimum absolute atomic E-state index is 0.0857. The van der Waals surface area contributed by atoms with Crippen LogP contribution in [0, 0.1) is 0 Å². The third-order valence-electron chi connectivity index (χ3n) is 2.76. The van der Waals surface area contributed by atoms with E-state index in [1.54, 1.807) is 24.2 Å². The van der Waals surface area contributed by atoms with Gasteiger partial charge in [0.05, 0.1) is 16.9 Å². The molecule has 5 heteroatoms. The van der Waals surface area contributed by atoms with Crippen molar-refractivity contribution in [1.82, 2.24) is 14.9 Å². The smallest absolute Gasteiger partial charge is 0.254 e. The summed E-state index contributed by atoms with van der Waals surface area (Å²) in [6, 6.07) is 5.48. The van der Waals surface area contributed by atoms with E-state index in [0.29, 0.717) is 5.56 Å². The van der Waals surface area contributed by atoms with E-state index in [-0.39, 0.29) is 5.91 Å². The highest BCUT2D eigenvalue weighted by Crippen LogP contribution is 2.18. The number of nitrogens with zero attached hydrogens (tertiary/aromatic N) is 3. The van der Waals surface area contributed by atoms with E-state index >= 15 is 0 Å². The quantitative estimate of drug-likeness (QED) is 0.768. The molecule has 2 heterocycles. The fourth-order valence-electron chi connectivity index (χ4n) is 1.85. The standard InChI is InChI=1S/C12H11N3OS/c16-12(15-5-6-17-8-15)9-1-2-10-11(7-9)14-4-3-13-10/h1-4,7H,5-6,8H2. The Morgan fingerprint density at radius 2 is 2.06 bits per heavy atom. The van der Waals surface area contributed by atoms with Gasteiger partial charge < -0.3 is 4.90 Å². The van der Waals surface area contributed by atoms with E-state index in [9.17, 15) is 4.79 Å². The summed E-state index contributed by atoms with van der Waals surface area (Å²) in [4.78, 5) is 22.4. The summed E-state index contributed by atoms with van der Waals surface area (Å²) in [6.45, 7) is 0.835. The van der Waals surface area contributed by atoms with Crippen LogP contribution in [0.2, 0.25) is 0 Å². The van der Waals surface area contributed by atoms with Gasteiger partial charge in [0.2, 0.25) is 0 Å². The lowest BCUT2D eigenvalue weighted by atomic mass is 10.1. The normalized spacial score (nSPS) is 15.4. The van der Waals surface area contributed by atoms with Gasteiger partial charge in [0.25, 0.3) is 5.91 Å². The van der Waals surface area contributed by atoms with Crippen molar-refractivity contribution < 1.29 is 4.79 Å². The maximum absolute atomic E-state index is 12.2. The molecule has 1 aliphatic rings. The number of hydrogen-bond donors (Lipinski definition) is 0. The molecule has 17 heavy (non-hydrogen) atoms. The van der Waals surface area contributed by atoms with E-state index in [4.69, 9.17) is 0 Å². The topological polar surface area (TPSA) is 46.1 Å². The van der Waals surface area contributed by atoms with Gasteiger partial charge in [-0.3, -0.25) is 14.8 Å². The molecule has 0 aliphatic carbocycles. The molecular formula is C12H11N3OS. The lowest BCUT2D eigenvalue weighted by molar-refractivity contribution is 0.0803. The molecule has 0 radical (unpaired) electrons. The van der Waals surface area contributed by atoms with E-state index in [2.05, 4.69) is 9.97 Å². The number of carbonyl (C=O) groups excluding carboxylic acids is 1. The maximum Gasteiger partial charge on any atom is 0.254 e. The van der Waals surface area contributed by atoms with Gasteiger partial charge in [0.1, 0.15) is 0 Å². The molecule has 0 spiro atoms. The molecule has 4 nitrogen and oxygen atoms in total. The van der Waals surface area contributed by atoms with Gasteiger partial charge in [-0.2, -0.15) is 0 Å². The van der Waals surface area contributed by atoms with Crippen molar-refractivity contribution in [3.8, 4) is 0 Å². The predicted molar refractivity (Wildman–Crippen MR) is 67.9 cm³/mol. The third kappa shape index (κ3) is 1.98. The van der Waals surface area contributed by atoms with Crippen LogP contribution in [-0.2, 0) is 0 Å². The number of amides is 1. The highest BCUT2D eigenvalue weighted by atomic mass is 32.2. The Labute approximate surface area is 103 Å². The zero-order valence-corrected chi connectivity index (χ0v) is 9.98. The average molecular weight is 245 g/mol. The summed E-state index contributed by atoms with van der Waals surface area (Å²) >= 11 is 1.79. The second-order valence-electron chi connectivity index (χ2n) is 3.87. The lowest BCUT2D eigenvalue weighted by Crippen LogP contribution is -2.27. The summed E-state index contributed by atoms with van der Waals surface area (Å²) in [5.74, 6) is 1.90. The molecule has 0 unspecified atom stereocenters. The van der Waals surface area contributed by atoms with Gasteiger partial charge in [-0.25, -0.2) is 0 Å². The Hall–Kier alpha value is -1.62. The number of thioether (sulfide) groups is 1. The Morgan fingerprint density at radius 3 is 2.82 bits per heavy atom. The summed E-state index contributed by atoms with van der Waals surface area (Å²) in [6.07, 6.45) is 3.29. The lowest BCUT2D eigenvalue weighted by Gasteiger charge is -2.14. The van der Waals surface area contributed by atoms with Gasteiger partial charge in [-0.15, -0.1) is 11.8 Å². The third-order valence-corrected chi connectivity index (χ3v) is 3.72. The number of hydrogen-bond acceptors (Lipinski definition) is 4.